The SMILES string of the molecule is CCOC(=O)C1C(=N)SCC1(O)C(F)(F)F. The van der Waals surface area contributed by atoms with Crippen molar-refractivity contribution >= 4 is 22.8 Å². The number of thioether (sulfide) groups is 1. The third-order valence-electron chi connectivity index (χ3n) is 2.20. The number of rotatable bonds is 2. The molecule has 8 heteroatoms. The molecule has 0 saturated carbocycles. The van der Waals surface area contributed by atoms with Gasteiger partial charge in [0, 0.05) is 5.75 Å². The van der Waals surface area contributed by atoms with E-state index in [1.54, 1.807) is 0 Å². The van der Waals surface area contributed by atoms with Crippen molar-refractivity contribution in [2.75, 3.05) is 12.4 Å². The van der Waals surface area contributed by atoms with E-state index in [0.29, 0.717) is 11.8 Å². The van der Waals surface area contributed by atoms with Crippen LogP contribution in [0.15, 0.2) is 0 Å². The molecule has 0 bridgehead atoms. The molecular formula is C8H10F3NO3S. The van der Waals surface area contributed by atoms with E-state index in [4.69, 9.17) is 5.41 Å². The van der Waals surface area contributed by atoms with Crippen LogP contribution in [0.5, 0.6) is 0 Å². The van der Waals surface area contributed by atoms with Crippen LogP contribution in [0.1, 0.15) is 6.92 Å². The van der Waals surface area contributed by atoms with Gasteiger partial charge >= 0.3 is 12.1 Å². The van der Waals surface area contributed by atoms with Gasteiger partial charge in [-0.15, -0.1) is 11.8 Å². The van der Waals surface area contributed by atoms with Crippen LogP contribution in [0.25, 0.3) is 0 Å². The van der Waals surface area contributed by atoms with Gasteiger partial charge in [-0.3, -0.25) is 10.2 Å². The minimum atomic E-state index is -4.96. The van der Waals surface area contributed by atoms with Gasteiger partial charge in [-0.1, -0.05) is 0 Å². The lowest BCUT2D eigenvalue weighted by Gasteiger charge is -2.29. The number of carbonyl (C=O) groups excluding carboxylic acids is 1. The van der Waals surface area contributed by atoms with Crippen molar-refractivity contribution in [2.24, 2.45) is 5.92 Å². The van der Waals surface area contributed by atoms with E-state index in [0.717, 1.165) is 0 Å². The lowest BCUT2D eigenvalue weighted by molar-refractivity contribution is -0.260. The smallest absolute Gasteiger partial charge is 0.419 e. The maximum absolute atomic E-state index is 12.6. The average Bonchev–Trinajstić information content (AvgIpc) is 2.43. The standard InChI is InChI=1S/C8H10F3NO3S/c1-2-15-6(13)4-5(12)16-3-7(4,14)8(9,10)11/h4,12,14H,2-3H2,1H3. The maximum Gasteiger partial charge on any atom is 0.419 e. The molecule has 1 aliphatic rings. The molecule has 4 nitrogen and oxygen atoms in total. The highest BCUT2D eigenvalue weighted by Crippen LogP contribution is 2.46. The van der Waals surface area contributed by atoms with Crippen molar-refractivity contribution < 1.29 is 27.8 Å². The third kappa shape index (κ3) is 2.03. The zero-order chi connectivity index (χ0) is 12.6. The Hall–Kier alpha value is -0.760. The molecule has 1 aliphatic heterocycles. The quantitative estimate of drug-likeness (QED) is 0.729. The Morgan fingerprint density at radius 2 is 2.31 bits per heavy atom. The Kier molecular flexibility index (Phi) is 3.53. The zero-order valence-corrected chi connectivity index (χ0v) is 9.11. The number of hydrogen-bond acceptors (Lipinski definition) is 5. The van der Waals surface area contributed by atoms with Crippen LogP contribution in [0, 0.1) is 11.3 Å². The third-order valence-corrected chi connectivity index (χ3v) is 3.33. The lowest BCUT2D eigenvalue weighted by Crippen LogP contribution is -2.54. The Morgan fingerprint density at radius 3 is 2.75 bits per heavy atom. The number of esters is 1. The first-order valence-corrected chi connectivity index (χ1v) is 5.39. The van der Waals surface area contributed by atoms with Crippen LogP contribution in [-0.2, 0) is 9.53 Å². The van der Waals surface area contributed by atoms with Crippen molar-refractivity contribution in [1.82, 2.24) is 0 Å². The summed E-state index contributed by atoms with van der Waals surface area (Å²) in [7, 11) is 0. The fourth-order valence-electron chi connectivity index (χ4n) is 1.34. The van der Waals surface area contributed by atoms with Crippen LogP contribution < -0.4 is 0 Å². The first-order valence-electron chi connectivity index (χ1n) is 4.41. The second-order valence-electron chi connectivity index (χ2n) is 3.26. The van der Waals surface area contributed by atoms with E-state index >= 15 is 0 Å². The predicted molar refractivity (Wildman–Crippen MR) is 51.3 cm³/mol. The number of hydrogen-bond donors (Lipinski definition) is 2. The molecule has 1 heterocycles. The van der Waals surface area contributed by atoms with E-state index in [-0.39, 0.29) is 6.61 Å². The fraction of sp³-hybridized carbons (Fsp3) is 0.750. The molecule has 0 radical (unpaired) electrons. The summed E-state index contributed by atoms with van der Waals surface area (Å²) >= 11 is 0.506. The van der Waals surface area contributed by atoms with E-state index in [1.807, 2.05) is 0 Å². The van der Waals surface area contributed by atoms with Gasteiger partial charge in [0.15, 0.2) is 5.60 Å². The normalized spacial score (nSPS) is 30.6. The van der Waals surface area contributed by atoms with E-state index in [2.05, 4.69) is 4.74 Å². The molecule has 2 unspecified atom stereocenters. The Morgan fingerprint density at radius 1 is 1.75 bits per heavy atom. The molecule has 0 aromatic heterocycles. The summed E-state index contributed by atoms with van der Waals surface area (Å²) in [6.07, 6.45) is -4.96. The summed E-state index contributed by atoms with van der Waals surface area (Å²) < 4.78 is 42.2. The summed E-state index contributed by atoms with van der Waals surface area (Å²) in [6.45, 7) is 1.34. The highest BCUT2D eigenvalue weighted by Gasteiger charge is 2.66. The Balaban J connectivity index is 3.03. The van der Waals surface area contributed by atoms with Crippen LogP contribution >= 0.6 is 11.8 Å². The monoisotopic (exact) mass is 257 g/mol. The summed E-state index contributed by atoms with van der Waals surface area (Å²) in [6, 6.07) is 0. The topological polar surface area (TPSA) is 70.4 Å². The van der Waals surface area contributed by atoms with Gasteiger partial charge in [0.25, 0.3) is 0 Å². The van der Waals surface area contributed by atoms with Crippen molar-refractivity contribution in [2.45, 2.75) is 18.7 Å². The Labute approximate surface area is 93.7 Å². The summed E-state index contributed by atoms with van der Waals surface area (Å²) in [5.41, 5.74) is -3.19. The van der Waals surface area contributed by atoms with Crippen molar-refractivity contribution in [3.8, 4) is 0 Å². The molecule has 92 valence electrons. The molecule has 0 amide bonds. The van der Waals surface area contributed by atoms with Crippen LogP contribution in [0.4, 0.5) is 13.2 Å². The van der Waals surface area contributed by atoms with Gasteiger partial charge in [0.2, 0.25) is 0 Å². The van der Waals surface area contributed by atoms with Gasteiger partial charge in [0.1, 0.15) is 5.92 Å². The number of carbonyl (C=O) groups is 1. The van der Waals surface area contributed by atoms with Crippen molar-refractivity contribution in [1.29, 1.82) is 5.41 Å². The molecule has 16 heavy (non-hydrogen) atoms. The van der Waals surface area contributed by atoms with Crippen LogP contribution in [0.2, 0.25) is 0 Å². The number of halogens is 3. The van der Waals surface area contributed by atoms with Crippen LogP contribution in [0.3, 0.4) is 0 Å². The summed E-state index contributed by atoms with van der Waals surface area (Å²) in [5, 5.41) is 16.2. The van der Waals surface area contributed by atoms with Gasteiger partial charge in [-0.05, 0) is 6.92 Å². The van der Waals surface area contributed by atoms with E-state index in [9.17, 15) is 23.1 Å². The molecule has 0 aliphatic carbocycles. The summed E-state index contributed by atoms with van der Waals surface area (Å²) in [5.74, 6) is -3.92. The largest absolute Gasteiger partial charge is 0.465 e. The minimum absolute atomic E-state index is 0.0960. The number of nitrogens with one attached hydrogen (secondary N) is 1. The second kappa shape index (κ2) is 4.25. The fourth-order valence-corrected chi connectivity index (χ4v) is 2.51. The number of aliphatic hydroxyl groups is 1. The van der Waals surface area contributed by atoms with Gasteiger partial charge in [-0.2, -0.15) is 13.2 Å². The van der Waals surface area contributed by atoms with Gasteiger partial charge < -0.3 is 9.84 Å². The molecule has 1 fully saturated rings. The molecular weight excluding hydrogens is 247 g/mol. The molecule has 1 rings (SSSR count). The summed E-state index contributed by atoms with van der Waals surface area (Å²) in [4.78, 5) is 11.3. The van der Waals surface area contributed by atoms with Gasteiger partial charge in [0.05, 0.1) is 11.7 Å². The van der Waals surface area contributed by atoms with Crippen molar-refractivity contribution in [3.63, 3.8) is 0 Å². The lowest BCUT2D eigenvalue weighted by atomic mass is 9.89. The minimum Gasteiger partial charge on any atom is -0.465 e. The maximum atomic E-state index is 12.6. The molecule has 0 aromatic rings. The van der Waals surface area contributed by atoms with Gasteiger partial charge in [-0.25, -0.2) is 0 Å². The second-order valence-corrected chi connectivity index (χ2v) is 4.28. The Bertz CT molecular complexity index is 320. The highest BCUT2D eigenvalue weighted by molar-refractivity contribution is 8.14. The van der Waals surface area contributed by atoms with Crippen LogP contribution in [-0.4, -0.2) is 40.3 Å². The molecule has 2 N–H and O–H groups in total. The predicted octanol–water partition coefficient (Wildman–Crippen LogP) is 1.18. The molecule has 1 saturated heterocycles. The van der Waals surface area contributed by atoms with Crippen molar-refractivity contribution in [3.05, 3.63) is 0 Å². The average molecular weight is 257 g/mol. The molecule has 0 spiro atoms. The number of alkyl halides is 3. The van der Waals surface area contributed by atoms with E-state index < -0.39 is 34.5 Å². The molecule has 0 aromatic carbocycles. The number of ether oxygens (including phenoxy) is 1. The zero-order valence-electron chi connectivity index (χ0n) is 8.30. The van der Waals surface area contributed by atoms with E-state index in [1.165, 1.54) is 6.92 Å². The molecule has 2 atom stereocenters. The first-order chi connectivity index (χ1) is 7.24. The highest BCUT2D eigenvalue weighted by atomic mass is 32.2. The first kappa shape index (κ1) is 13.3.